The molecule has 0 aliphatic carbocycles. The summed E-state index contributed by atoms with van der Waals surface area (Å²) in [6, 6.07) is 0. The number of anilines is 1. The number of carbonyl (C=O) groups is 1. The molecule has 0 aromatic carbocycles. The van der Waals surface area contributed by atoms with Crippen LogP contribution in [0.5, 0.6) is 0 Å². The van der Waals surface area contributed by atoms with Crippen molar-refractivity contribution in [3.8, 4) is 0 Å². The average Bonchev–Trinajstić information content (AvgIpc) is 2.88. The maximum Gasteiger partial charge on any atom is 0.317 e. The number of methoxy groups -OCH3 is 1. The Morgan fingerprint density at radius 3 is 2.85 bits per heavy atom. The molecule has 1 aromatic heterocycles. The van der Waals surface area contributed by atoms with Crippen LogP contribution in [-0.2, 0) is 19.7 Å². The van der Waals surface area contributed by atoms with E-state index in [0.29, 0.717) is 6.61 Å². The highest BCUT2D eigenvalue weighted by Crippen LogP contribution is 2.28. The molecule has 114 valence electrons. The lowest BCUT2D eigenvalue weighted by molar-refractivity contribution is -0.148. The fraction of sp³-hybridized carbons (Fsp3) is 0.714. The number of ether oxygens (including phenoxy) is 2. The van der Waals surface area contributed by atoms with Gasteiger partial charge in [-0.1, -0.05) is 0 Å². The molecule has 0 atom stereocenters. The van der Waals surface area contributed by atoms with Gasteiger partial charge >= 0.3 is 5.97 Å². The lowest BCUT2D eigenvalue weighted by Crippen LogP contribution is -2.31. The first-order valence-corrected chi connectivity index (χ1v) is 7.76. The molecule has 1 rings (SSSR count). The van der Waals surface area contributed by atoms with E-state index in [0.717, 1.165) is 36.8 Å². The lowest BCUT2D eigenvalue weighted by atomic mass is 9.90. The average molecular weight is 300 g/mol. The van der Waals surface area contributed by atoms with Gasteiger partial charge in [-0.25, -0.2) is 4.98 Å². The van der Waals surface area contributed by atoms with Crippen LogP contribution in [0.4, 0.5) is 5.13 Å². The SMILES string of the molecule is CCOC(=O)C(C)(C)c1csc(NCCCCOC)n1. The first-order valence-electron chi connectivity index (χ1n) is 6.88. The number of aromatic nitrogens is 1. The summed E-state index contributed by atoms with van der Waals surface area (Å²) in [4.78, 5) is 16.4. The zero-order chi connectivity index (χ0) is 15.0. The van der Waals surface area contributed by atoms with Crippen molar-refractivity contribution in [2.24, 2.45) is 0 Å². The van der Waals surface area contributed by atoms with Crippen molar-refractivity contribution in [1.29, 1.82) is 0 Å². The smallest absolute Gasteiger partial charge is 0.317 e. The summed E-state index contributed by atoms with van der Waals surface area (Å²) in [6.45, 7) is 7.50. The first-order chi connectivity index (χ1) is 9.52. The minimum atomic E-state index is -0.706. The molecule has 5 nitrogen and oxygen atoms in total. The predicted octanol–water partition coefficient (Wildman–Crippen LogP) is 2.82. The quantitative estimate of drug-likeness (QED) is 0.561. The standard InChI is InChI=1S/C14H24N2O3S/c1-5-19-12(17)14(2,3)11-10-20-13(16-11)15-8-6-7-9-18-4/h10H,5-9H2,1-4H3,(H,15,16). The second kappa shape index (κ2) is 8.21. The van der Waals surface area contributed by atoms with Crippen LogP contribution < -0.4 is 5.32 Å². The van der Waals surface area contributed by atoms with Gasteiger partial charge in [0, 0.05) is 25.6 Å². The Bertz CT molecular complexity index is 418. The number of thiazole rings is 1. The normalized spacial score (nSPS) is 11.4. The van der Waals surface area contributed by atoms with Crippen LogP contribution in [-0.4, -0.2) is 37.8 Å². The van der Waals surface area contributed by atoms with Gasteiger partial charge in [-0.05, 0) is 33.6 Å². The summed E-state index contributed by atoms with van der Waals surface area (Å²) in [7, 11) is 1.71. The molecule has 0 amide bonds. The van der Waals surface area contributed by atoms with Crippen LogP contribution in [0, 0.1) is 0 Å². The minimum Gasteiger partial charge on any atom is -0.465 e. The van der Waals surface area contributed by atoms with Gasteiger partial charge in [0.2, 0.25) is 0 Å². The lowest BCUT2D eigenvalue weighted by Gasteiger charge is -2.19. The van der Waals surface area contributed by atoms with Crippen molar-refractivity contribution in [2.75, 3.05) is 32.2 Å². The molecule has 0 unspecified atom stereocenters. The van der Waals surface area contributed by atoms with E-state index < -0.39 is 5.41 Å². The van der Waals surface area contributed by atoms with E-state index in [1.807, 2.05) is 26.2 Å². The Morgan fingerprint density at radius 1 is 1.45 bits per heavy atom. The van der Waals surface area contributed by atoms with E-state index in [1.54, 1.807) is 7.11 Å². The maximum absolute atomic E-state index is 11.9. The summed E-state index contributed by atoms with van der Waals surface area (Å²) in [5, 5.41) is 6.02. The highest BCUT2D eigenvalue weighted by Gasteiger charge is 2.33. The van der Waals surface area contributed by atoms with E-state index in [9.17, 15) is 4.79 Å². The molecule has 1 N–H and O–H groups in total. The number of hydrogen-bond acceptors (Lipinski definition) is 6. The van der Waals surface area contributed by atoms with Crippen LogP contribution in [0.2, 0.25) is 0 Å². The first kappa shape index (κ1) is 16.9. The van der Waals surface area contributed by atoms with Crippen molar-refractivity contribution < 1.29 is 14.3 Å². The molecule has 1 aromatic rings. The molecule has 20 heavy (non-hydrogen) atoms. The van der Waals surface area contributed by atoms with Crippen LogP contribution in [0.3, 0.4) is 0 Å². The topological polar surface area (TPSA) is 60.5 Å². The Balaban J connectivity index is 2.51. The molecule has 0 aliphatic heterocycles. The third-order valence-corrected chi connectivity index (χ3v) is 3.78. The molecule has 0 saturated carbocycles. The largest absolute Gasteiger partial charge is 0.465 e. The van der Waals surface area contributed by atoms with Crippen molar-refractivity contribution in [3.05, 3.63) is 11.1 Å². The monoisotopic (exact) mass is 300 g/mol. The molecule has 0 radical (unpaired) electrons. The highest BCUT2D eigenvalue weighted by atomic mass is 32.1. The fourth-order valence-corrected chi connectivity index (χ4v) is 2.53. The molecular weight excluding hydrogens is 276 g/mol. The molecule has 0 fully saturated rings. The molecule has 6 heteroatoms. The molecule has 0 aliphatic rings. The number of rotatable bonds is 9. The van der Waals surface area contributed by atoms with Crippen molar-refractivity contribution >= 4 is 22.4 Å². The molecule has 0 saturated heterocycles. The summed E-state index contributed by atoms with van der Waals surface area (Å²) in [5.41, 5.74) is 0.0445. The van der Waals surface area contributed by atoms with Crippen molar-refractivity contribution in [1.82, 2.24) is 4.98 Å². The van der Waals surface area contributed by atoms with Gasteiger partial charge in [0.25, 0.3) is 0 Å². The van der Waals surface area contributed by atoms with Gasteiger partial charge in [0.15, 0.2) is 5.13 Å². The van der Waals surface area contributed by atoms with Crippen molar-refractivity contribution in [3.63, 3.8) is 0 Å². The number of esters is 1. The summed E-state index contributed by atoms with van der Waals surface area (Å²) < 4.78 is 10.1. The number of hydrogen-bond donors (Lipinski definition) is 1. The van der Waals surface area contributed by atoms with Crippen LogP contribution in [0.25, 0.3) is 0 Å². The zero-order valence-corrected chi connectivity index (χ0v) is 13.5. The molecule has 0 bridgehead atoms. The van der Waals surface area contributed by atoms with E-state index in [-0.39, 0.29) is 5.97 Å². The summed E-state index contributed by atoms with van der Waals surface area (Å²) >= 11 is 1.51. The maximum atomic E-state index is 11.9. The summed E-state index contributed by atoms with van der Waals surface area (Å²) in [5.74, 6) is -0.239. The zero-order valence-electron chi connectivity index (χ0n) is 12.7. The second-order valence-electron chi connectivity index (χ2n) is 5.01. The predicted molar refractivity (Wildman–Crippen MR) is 81.4 cm³/mol. The van der Waals surface area contributed by atoms with Gasteiger partial charge in [-0.3, -0.25) is 4.79 Å². The van der Waals surface area contributed by atoms with Crippen molar-refractivity contribution in [2.45, 2.75) is 39.0 Å². The Morgan fingerprint density at radius 2 is 2.20 bits per heavy atom. The molecular formula is C14H24N2O3S. The van der Waals surface area contributed by atoms with Crippen LogP contribution in [0.1, 0.15) is 39.3 Å². The van der Waals surface area contributed by atoms with E-state index in [4.69, 9.17) is 9.47 Å². The highest BCUT2D eigenvalue weighted by molar-refractivity contribution is 7.13. The molecule has 1 heterocycles. The Labute approximate surface area is 124 Å². The number of unbranched alkanes of at least 4 members (excludes halogenated alkanes) is 1. The molecule has 0 spiro atoms. The number of nitrogens with one attached hydrogen (secondary N) is 1. The second-order valence-corrected chi connectivity index (χ2v) is 5.87. The van der Waals surface area contributed by atoms with Crippen LogP contribution >= 0.6 is 11.3 Å². The summed E-state index contributed by atoms with van der Waals surface area (Å²) in [6.07, 6.45) is 2.06. The fourth-order valence-electron chi connectivity index (χ4n) is 1.62. The van der Waals surface area contributed by atoms with Gasteiger partial charge in [0.05, 0.1) is 12.3 Å². The van der Waals surface area contributed by atoms with E-state index in [2.05, 4.69) is 10.3 Å². The van der Waals surface area contributed by atoms with Gasteiger partial charge in [-0.2, -0.15) is 0 Å². The third-order valence-electron chi connectivity index (χ3n) is 2.98. The van der Waals surface area contributed by atoms with Crippen LogP contribution in [0.15, 0.2) is 5.38 Å². The van der Waals surface area contributed by atoms with Gasteiger partial charge in [0.1, 0.15) is 5.41 Å². The third kappa shape index (κ3) is 4.76. The number of carbonyl (C=O) groups excluding carboxylic acids is 1. The van der Waals surface area contributed by atoms with Gasteiger partial charge < -0.3 is 14.8 Å². The Hall–Kier alpha value is -1.14. The minimum absolute atomic E-state index is 0.239. The van der Waals surface area contributed by atoms with E-state index in [1.165, 1.54) is 11.3 Å². The number of nitrogens with zero attached hydrogens (tertiary/aromatic N) is 1. The van der Waals surface area contributed by atoms with E-state index >= 15 is 0 Å². The Kier molecular flexibility index (Phi) is 6.95. The van der Waals surface area contributed by atoms with Gasteiger partial charge in [-0.15, -0.1) is 11.3 Å².